The van der Waals surface area contributed by atoms with Crippen LogP contribution in [0.5, 0.6) is 0 Å². The third-order valence-corrected chi connectivity index (χ3v) is 6.74. The fourth-order valence-corrected chi connectivity index (χ4v) is 4.96. The summed E-state index contributed by atoms with van der Waals surface area (Å²) in [5, 5.41) is 20.8. The van der Waals surface area contributed by atoms with E-state index < -0.39 is 0 Å². The van der Waals surface area contributed by atoms with Gasteiger partial charge < -0.3 is 0 Å². The first-order valence-electron chi connectivity index (χ1n) is 10.8. The Hall–Kier alpha value is -3.43. The number of hydrogen-bond acceptors (Lipinski definition) is 6. The van der Waals surface area contributed by atoms with Crippen molar-refractivity contribution in [3.8, 4) is 11.3 Å². The fraction of sp³-hybridized carbons (Fsp3) is 0.154. The predicted molar refractivity (Wildman–Crippen MR) is 143 cm³/mol. The molecule has 0 fully saturated rings. The van der Waals surface area contributed by atoms with Crippen molar-refractivity contribution < 1.29 is 9.31 Å². The maximum absolute atomic E-state index is 13.4. The van der Waals surface area contributed by atoms with Gasteiger partial charge in [0.15, 0.2) is 0 Å². The van der Waals surface area contributed by atoms with Crippen LogP contribution >= 0.6 is 28.3 Å². The summed E-state index contributed by atoms with van der Waals surface area (Å²) in [5.41, 5.74) is 6.63. The number of non-ortho nitro benzene ring substituents is 1. The van der Waals surface area contributed by atoms with Gasteiger partial charge in [-0.1, -0.05) is 29.8 Å². The average Bonchev–Trinajstić information content (AvgIpc) is 3.49. The molecule has 1 aromatic heterocycles. The van der Waals surface area contributed by atoms with Gasteiger partial charge >= 0.3 is 0 Å². The lowest BCUT2D eigenvalue weighted by Crippen LogP contribution is -2.18. The second-order valence-electron chi connectivity index (χ2n) is 8.30. The van der Waals surface area contributed by atoms with Gasteiger partial charge in [0.05, 0.1) is 22.4 Å². The number of hydrogen-bond donors (Lipinski definition) is 0. The van der Waals surface area contributed by atoms with Gasteiger partial charge in [0, 0.05) is 35.1 Å². The Labute approximate surface area is 216 Å². The molecule has 6 nitrogen and oxygen atoms in total. The highest BCUT2D eigenvalue weighted by Gasteiger charge is 2.33. The van der Waals surface area contributed by atoms with Crippen LogP contribution in [0.4, 0.5) is 15.2 Å². The molecule has 5 rings (SSSR count). The average molecular weight is 553 g/mol. The second kappa shape index (κ2) is 10.1. The van der Waals surface area contributed by atoms with Crippen LogP contribution in [0.2, 0.25) is 0 Å². The van der Waals surface area contributed by atoms with E-state index in [2.05, 4.69) is 25.1 Å². The molecule has 0 bridgehead atoms. The third-order valence-electron chi connectivity index (χ3n) is 5.91. The number of benzene rings is 3. The summed E-state index contributed by atoms with van der Waals surface area (Å²) in [7, 11) is 0. The zero-order valence-electron chi connectivity index (χ0n) is 19.0. The minimum atomic E-state index is -0.384. The minimum absolute atomic E-state index is 0. The van der Waals surface area contributed by atoms with E-state index in [0.717, 1.165) is 39.2 Å². The van der Waals surface area contributed by atoms with Crippen molar-refractivity contribution >= 4 is 44.8 Å². The van der Waals surface area contributed by atoms with Crippen molar-refractivity contribution in [1.29, 1.82) is 0 Å². The van der Waals surface area contributed by atoms with Crippen molar-refractivity contribution in [3.05, 3.63) is 110 Å². The van der Waals surface area contributed by atoms with Crippen LogP contribution in [-0.2, 0) is 0 Å². The van der Waals surface area contributed by atoms with Crippen LogP contribution in [0.3, 0.4) is 0 Å². The van der Waals surface area contributed by atoms with E-state index in [1.165, 1.54) is 29.5 Å². The number of aromatic nitrogens is 1. The molecule has 1 aliphatic rings. The van der Waals surface area contributed by atoms with E-state index in [1.54, 1.807) is 24.3 Å². The number of thiazole rings is 1. The Bertz CT molecular complexity index is 1420. The monoisotopic (exact) mass is 552 g/mol. The second-order valence-corrected chi connectivity index (χ2v) is 9.14. The molecule has 1 unspecified atom stereocenters. The molecular formula is C26H22BrFN4O2S. The van der Waals surface area contributed by atoms with Crippen molar-refractivity contribution in [2.75, 3.05) is 5.01 Å². The van der Waals surface area contributed by atoms with Gasteiger partial charge in [0.2, 0.25) is 5.13 Å². The standard InChI is InChI=1S/C26H21FN4O2S.BrH/c1-16-6-7-17(2)22(12-16)23-14-25(19-4-3-5-21(13-19)31(32)33)30(29-23)26-28-24(15-34-26)18-8-10-20(27)11-9-18;/h3-13,15,25H,14H2,1-2H3;1H. The Morgan fingerprint density at radius 2 is 1.86 bits per heavy atom. The first-order valence-corrected chi connectivity index (χ1v) is 11.7. The molecule has 0 aliphatic carbocycles. The number of nitro groups is 1. The zero-order valence-corrected chi connectivity index (χ0v) is 21.5. The quantitative estimate of drug-likeness (QED) is 0.191. The number of halogens is 2. The molecule has 3 aromatic carbocycles. The van der Waals surface area contributed by atoms with Crippen molar-refractivity contribution in [3.63, 3.8) is 0 Å². The van der Waals surface area contributed by atoms with Crippen molar-refractivity contribution in [2.24, 2.45) is 5.10 Å². The molecule has 0 saturated carbocycles. The number of anilines is 1. The highest BCUT2D eigenvalue weighted by Crippen LogP contribution is 2.40. The molecule has 0 amide bonds. The smallest absolute Gasteiger partial charge is 0.258 e. The topological polar surface area (TPSA) is 71.6 Å². The molecular weight excluding hydrogens is 531 g/mol. The molecule has 1 aliphatic heterocycles. The van der Waals surface area contributed by atoms with Gasteiger partial charge in [0.25, 0.3) is 5.69 Å². The lowest BCUT2D eigenvalue weighted by molar-refractivity contribution is -0.384. The van der Waals surface area contributed by atoms with E-state index >= 15 is 0 Å². The Morgan fingerprint density at radius 3 is 2.60 bits per heavy atom. The minimum Gasteiger partial charge on any atom is -0.258 e. The van der Waals surface area contributed by atoms with E-state index in [9.17, 15) is 14.5 Å². The van der Waals surface area contributed by atoms with Crippen LogP contribution in [0.25, 0.3) is 11.3 Å². The van der Waals surface area contributed by atoms with Crippen molar-refractivity contribution in [1.82, 2.24) is 4.98 Å². The van der Waals surface area contributed by atoms with Gasteiger partial charge in [0.1, 0.15) is 5.82 Å². The van der Waals surface area contributed by atoms with Crippen LogP contribution < -0.4 is 5.01 Å². The first-order chi connectivity index (χ1) is 16.4. The Balaban J connectivity index is 0.00000289. The normalized spacial score (nSPS) is 15.0. The van der Waals surface area contributed by atoms with E-state index in [4.69, 9.17) is 10.1 Å². The highest BCUT2D eigenvalue weighted by atomic mass is 79.9. The lowest BCUT2D eigenvalue weighted by atomic mass is 9.95. The summed E-state index contributed by atoms with van der Waals surface area (Å²) in [4.78, 5) is 15.8. The lowest BCUT2D eigenvalue weighted by Gasteiger charge is -2.21. The van der Waals surface area contributed by atoms with Crippen LogP contribution in [0.1, 0.15) is 34.7 Å². The number of nitrogens with zero attached hydrogens (tertiary/aromatic N) is 4. The molecule has 0 radical (unpaired) electrons. The predicted octanol–water partition coefficient (Wildman–Crippen LogP) is 7.41. The molecule has 0 saturated heterocycles. The van der Waals surface area contributed by atoms with Gasteiger partial charge in [-0.2, -0.15) is 5.10 Å². The van der Waals surface area contributed by atoms with E-state index in [1.807, 2.05) is 23.4 Å². The van der Waals surface area contributed by atoms with Gasteiger partial charge in [-0.15, -0.1) is 28.3 Å². The maximum Gasteiger partial charge on any atom is 0.269 e. The maximum atomic E-state index is 13.4. The van der Waals surface area contributed by atoms with Crippen LogP contribution in [0.15, 0.2) is 77.2 Å². The molecule has 4 aromatic rings. The summed E-state index contributed by atoms with van der Waals surface area (Å²) in [6, 6.07) is 18.9. The van der Waals surface area contributed by atoms with E-state index in [0.29, 0.717) is 11.6 Å². The molecule has 9 heteroatoms. The van der Waals surface area contributed by atoms with Gasteiger partial charge in [-0.3, -0.25) is 10.1 Å². The molecule has 2 heterocycles. The summed E-state index contributed by atoms with van der Waals surface area (Å²) in [6.07, 6.45) is 0.594. The summed E-state index contributed by atoms with van der Waals surface area (Å²) in [5.74, 6) is -0.299. The summed E-state index contributed by atoms with van der Waals surface area (Å²) in [6.45, 7) is 4.10. The zero-order chi connectivity index (χ0) is 23.8. The number of rotatable bonds is 5. The van der Waals surface area contributed by atoms with Crippen LogP contribution in [0, 0.1) is 29.8 Å². The molecule has 0 spiro atoms. The highest BCUT2D eigenvalue weighted by molar-refractivity contribution is 8.93. The van der Waals surface area contributed by atoms with Gasteiger partial charge in [-0.25, -0.2) is 14.4 Å². The Morgan fingerprint density at radius 1 is 1.09 bits per heavy atom. The number of hydrazone groups is 1. The summed E-state index contributed by atoms with van der Waals surface area (Å²) >= 11 is 1.44. The molecule has 1 atom stereocenters. The molecule has 178 valence electrons. The van der Waals surface area contributed by atoms with Gasteiger partial charge in [-0.05, 0) is 55.3 Å². The molecule has 35 heavy (non-hydrogen) atoms. The summed E-state index contributed by atoms with van der Waals surface area (Å²) < 4.78 is 13.4. The van der Waals surface area contributed by atoms with Crippen LogP contribution in [-0.4, -0.2) is 15.6 Å². The fourth-order valence-electron chi connectivity index (χ4n) is 4.12. The Kier molecular flexibility index (Phi) is 7.09. The number of nitro benzene ring substituents is 1. The number of aryl methyl sites for hydroxylation is 2. The van der Waals surface area contributed by atoms with E-state index in [-0.39, 0.29) is 39.5 Å². The first kappa shape index (κ1) is 24.7. The van der Waals surface area contributed by atoms with Crippen molar-refractivity contribution in [2.45, 2.75) is 26.3 Å². The SMILES string of the molecule is Br.Cc1ccc(C)c(C2=NN(c3nc(-c4ccc(F)cc4)cs3)C(c3cccc([N+](=O)[O-])c3)C2)c1. The third kappa shape index (κ3) is 5.01. The molecule has 0 N–H and O–H groups in total. The largest absolute Gasteiger partial charge is 0.269 e.